The van der Waals surface area contributed by atoms with E-state index in [4.69, 9.17) is 11.6 Å². The molecule has 8 heteroatoms. The number of halogens is 4. The van der Waals surface area contributed by atoms with Crippen molar-refractivity contribution in [2.75, 3.05) is 11.9 Å². The first-order valence-corrected chi connectivity index (χ1v) is 6.45. The zero-order valence-electron chi connectivity index (χ0n) is 11.8. The highest BCUT2D eigenvalue weighted by molar-refractivity contribution is 6.31. The minimum atomic E-state index is -4.63. The fraction of sp³-hybridized carbons (Fsp3) is 0.286. The summed E-state index contributed by atoms with van der Waals surface area (Å²) in [6.45, 7) is 2.74. The van der Waals surface area contributed by atoms with Gasteiger partial charge in [-0.2, -0.15) is 13.2 Å². The van der Waals surface area contributed by atoms with Crippen LogP contribution in [0.3, 0.4) is 0 Å². The van der Waals surface area contributed by atoms with Crippen LogP contribution < -0.4 is 5.32 Å². The Hall–Kier alpha value is -2.02. The van der Waals surface area contributed by atoms with Crippen molar-refractivity contribution in [3.05, 3.63) is 40.4 Å². The van der Waals surface area contributed by atoms with Crippen molar-refractivity contribution < 1.29 is 27.5 Å². The summed E-state index contributed by atoms with van der Waals surface area (Å²) in [5.74, 6) is -1.46. The second kappa shape index (κ2) is 7.31. The normalized spacial score (nSPS) is 10.8. The molecule has 0 heterocycles. The predicted molar refractivity (Wildman–Crippen MR) is 75.5 cm³/mol. The molecule has 0 atom stereocenters. The quantitative estimate of drug-likeness (QED) is 0.672. The van der Waals surface area contributed by atoms with E-state index < -0.39 is 35.2 Å². The lowest BCUT2D eigenvalue weighted by Gasteiger charge is -2.11. The van der Waals surface area contributed by atoms with Crippen LogP contribution in [0.2, 0.25) is 5.02 Å². The van der Waals surface area contributed by atoms with Gasteiger partial charge in [0.05, 0.1) is 10.6 Å². The average molecular weight is 336 g/mol. The van der Waals surface area contributed by atoms with E-state index in [9.17, 15) is 22.8 Å². The number of carbonyl (C=O) groups is 2. The largest absolute Gasteiger partial charge is 0.452 e. The molecule has 0 aliphatic heterocycles. The highest BCUT2D eigenvalue weighted by Gasteiger charge is 2.33. The number of amides is 1. The van der Waals surface area contributed by atoms with Crippen LogP contribution in [0.15, 0.2) is 29.8 Å². The van der Waals surface area contributed by atoms with Crippen LogP contribution >= 0.6 is 11.6 Å². The Morgan fingerprint density at radius 2 is 1.95 bits per heavy atom. The fourth-order valence-corrected chi connectivity index (χ4v) is 1.66. The van der Waals surface area contributed by atoms with E-state index in [0.29, 0.717) is 11.6 Å². The van der Waals surface area contributed by atoms with Crippen molar-refractivity contribution in [1.29, 1.82) is 0 Å². The number of esters is 1. The van der Waals surface area contributed by atoms with Crippen LogP contribution in [0.5, 0.6) is 0 Å². The summed E-state index contributed by atoms with van der Waals surface area (Å²) in [5.41, 5.74) is -0.466. The van der Waals surface area contributed by atoms with Crippen LogP contribution in [0.1, 0.15) is 19.4 Å². The lowest BCUT2D eigenvalue weighted by Crippen LogP contribution is -2.20. The van der Waals surface area contributed by atoms with Gasteiger partial charge in [-0.1, -0.05) is 17.2 Å². The first-order valence-electron chi connectivity index (χ1n) is 6.08. The lowest BCUT2D eigenvalue weighted by atomic mass is 10.2. The van der Waals surface area contributed by atoms with E-state index in [0.717, 1.165) is 6.07 Å². The maximum Gasteiger partial charge on any atom is 0.417 e. The monoisotopic (exact) mass is 335 g/mol. The van der Waals surface area contributed by atoms with Gasteiger partial charge in [0.15, 0.2) is 6.61 Å². The molecule has 0 aromatic heterocycles. The predicted octanol–water partition coefficient (Wildman–Crippen LogP) is 3.81. The van der Waals surface area contributed by atoms with Gasteiger partial charge in [0.2, 0.25) is 0 Å². The molecule has 0 aliphatic carbocycles. The summed E-state index contributed by atoms with van der Waals surface area (Å²) < 4.78 is 42.6. The van der Waals surface area contributed by atoms with Crippen molar-refractivity contribution in [1.82, 2.24) is 0 Å². The number of allylic oxidation sites excluding steroid dienone is 1. The van der Waals surface area contributed by atoms with Crippen molar-refractivity contribution in [2.45, 2.75) is 20.0 Å². The molecule has 1 N–H and O–H groups in total. The molecule has 0 unspecified atom stereocenters. The number of anilines is 1. The van der Waals surface area contributed by atoms with Gasteiger partial charge in [-0.15, -0.1) is 0 Å². The fourth-order valence-electron chi connectivity index (χ4n) is 1.43. The van der Waals surface area contributed by atoms with Crippen molar-refractivity contribution in [3.63, 3.8) is 0 Å². The first-order chi connectivity index (χ1) is 10.1. The maximum absolute atomic E-state index is 12.7. The zero-order valence-corrected chi connectivity index (χ0v) is 12.5. The average Bonchev–Trinajstić information content (AvgIpc) is 2.36. The molecule has 0 saturated heterocycles. The summed E-state index contributed by atoms with van der Waals surface area (Å²) in [5, 5.41) is 1.72. The van der Waals surface area contributed by atoms with Gasteiger partial charge in [-0.3, -0.25) is 4.79 Å². The summed E-state index contributed by atoms with van der Waals surface area (Å²) in [6, 6.07) is 2.95. The minimum absolute atomic E-state index is 0.0972. The number of nitrogens with one attached hydrogen (secondary N) is 1. The topological polar surface area (TPSA) is 55.4 Å². The highest BCUT2D eigenvalue weighted by Crippen LogP contribution is 2.36. The Kier molecular flexibility index (Phi) is 5.99. The van der Waals surface area contributed by atoms with E-state index in [-0.39, 0.29) is 5.69 Å². The second-order valence-corrected chi connectivity index (χ2v) is 4.98. The third-order valence-electron chi connectivity index (χ3n) is 2.31. The summed E-state index contributed by atoms with van der Waals surface area (Å²) >= 11 is 5.46. The number of benzene rings is 1. The van der Waals surface area contributed by atoms with E-state index in [1.54, 1.807) is 13.8 Å². The molecule has 1 rings (SSSR count). The number of hydrogen-bond donors (Lipinski definition) is 1. The number of alkyl halides is 3. The Morgan fingerprint density at radius 3 is 2.50 bits per heavy atom. The Morgan fingerprint density at radius 1 is 1.32 bits per heavy atom. The van der Waals surface area contributed by atoms with Crippen LogP contribution in [-0.4, -0.2) is 18.5 Å². The molecule has 1 aromatic rings. The summed E-state index contributed by atoms with van der Waals surface area (Å²) in [6.07, 6.45) is -3.44. The molecular weight excluding hydrogens is 323 g/mol. The molecule has 0 aliphatic rings. The van der Waals surface area contributed by atoms with Crippen molar-refractivity contribution >= 4 is 29.2 Å². The van der Waals surface area contributed by atoms with Gasteiger partial charge in [-0.25, -0.2) is 4.79 Å². The van der Waals surface area contributed by atoms with Gasteiger partial charge in [0.25, 0.3) is 5.91 Å². The Bertz CT molecular complexity index is 608. The van der Waals surface area contributed by atoms with Crippen LogP contribution in [-0.2, 0) is 20.5 Å². The van der Waals surface area contributed by atoms with Gasteiger partial charge < -0.3 is 10.1 Å². The minimum Gasteiger partial charge on any atom is -0.452 e. The maximum atomic E-state index is 12.7. The molecule has 4 nitrogen and oxygen atoms in total. The third-order valence-corrected chi connectivity index (χ3v) is 2.64. The molecule has 0 bridgehead atoms. The molecule has 0 radical (unpaired) electrons. The van der Waals surface area contributed by atoms with Gasteiger partial charge in [-0.05, 0) is 32.0 Å². The summed E-state index contributed by atoms with van der Waals surface area (Å²) in [4.78, 5) is 22.7. The van der Waals surface area contributed by atoms with E-state index in [2.05, 4.69) is 10.1 Å². The number of carbonyl (C=O) groups excluding carboxylic acids is 2. The molecule has 120 valence electrons. The van der Waals surface area contributed by atoms with E-state index in [1.807, 2.05) is 0 Å². The third kappa shape index (κ3) is 5.77. The Balaban J connectivity index is 2.70. The molecule has 1 aromatic carbocycles. The molecule has 22 heavy (non-hydrogen) atoms. The molecule has 0 saturated carbocycles. The summed E-state index contributed by atoms with van der Waals surface area (Å²) in [7, 11) is 0. The zero-order chi connectivity index (χ0) is 16.9. The van der Waals surface area contributed by atoms with E-state index >= 15 is 0 Å². The SMILES string of the molecule is CC(C)=CC(=O)OCC(=O)Nc1ccc(Cl)c(C(F)(F)F)c1. The molecular formula is C14H13ClF3NO3. The molecule has 1 amide bonds. The first kappa shape index (κ1) is 18.0. The van der Waals surface area contributed by atoms with Crippen molar-refractivity contribution in [3.8, 4) is 0 Å². The Labute approximate surface area is 129 Å². The smallest absolute Gasteiger partial charge is 0.417 e. The van der Waals surface area contributed by atoms with Crippen molar-refractivity contribution in [2.24, 2.45) is 0 Å². The standard InChI is InChI=1S/C14H13ClF3NO3/c1-8(2)5-13(21)22-7-12(20)19-9-3-4-11(15)10(6-9)14(16,17)18/h3-6H,7H2,1-2H3,(H,19,20). The second-order valence-electron chi connectivity index (χ2n) is 4.57. The van der Waals surface area contributed by atoms with Gasteiger partial charge >= 0.3 is 12.1 Å². The van der Waals surface area contributed by atoms with Crippen LogP contribution in [0.4, 0.5) is 18.9 Å². The highest BCUT2D eigenvalue weighted by atomic mass is 35.5. The van der Waals surface area contributed by atoms with Crippen LogP contribution in [0.25, 0.3) is 0 Å². The van der Waals surface area contributed by atoms with Gasteiger partial charge in [0.1, 0.15) is 0 Å². The number of hydrogen-bond acceptors (Lipinski definition) is 3. The lowest BCUT2D eigenvalue weighted by molar-refractivity contribution is -0.142. The molecule has 0 spiro atoms. The number of rotatable bonds is 4. The van der Waals surface area contributed by atoms with Crippen LogP contribution in [0, 0.1) is 0 Å². The van der Waals surface area contributed by atoms with E-state index in [1.165, 1.54) is 12.1 Å². The molecule has 0 fully saturated rings. The number of ether oxygens (including phenoxy) is 1. The van der Waals surface area contributed by atoms with Gasteiger partial charge in [0, 0.05) is 11.8 Å².